The molecule has 2 aliphatic rings. The largest absolute Gasteiger partial charge is 0.508 e. The zero-order chi connectivity index (χ0) is 27.4. The van der Waals surface area contributed by atoms with Gasteiger partial charge in [-0.1, -0.05) is 31.2 Å². The third-order valence-corrected chi connectivity index (χ3v) is 7.73. The van der Waals surface area contributed by atoms with E-state index in [0.717, 1.165) is 64.1 Å². The number of phenolic OH excluding ortho intramolecular Hbond substituents is 1. The van der Waals surface area contributed by atoms with Crippen LogP contribution < -0.4 is 14.2 Å². The average molecular weight is 530 g/mol. The number of fused-ring (bicyclic) bond motifs is 1. The van der Waals surface area contributed by atoms with Crippen molar-refractivity contribution in [3.05, 3.63) is 83.4 Å². The van der Waals surface area contributed by atoms with Crippen LogP contribution in [0.1, 0.15) is 50.0 Å². The average Bonchev–Trinajstić information content (AvgIpc) is 3.39. The number of aromatic hydroxyl groups is 1. The Bertz CT molecular complexity index is 1300. The molecule has 39 heavy (non-hydrogen) atoms. The Labute approximate surface area is 231 Å². The number of nitrogens with zero attached hydrogens (tertiary/aromatic N) is 1. The highest BCUT2D eigenvalue weighted by atomic mass is 16.5. The summed E-state index contributed by atoms with van der Waals surface area (Å²) in [6.07, 6.45) is 0.941. The molecule has 3 aromatic rings. The van der Waals surface area contributed by atoms with Crippen LogP contribution in [0.2, 0.25) is 0 Å². The molecule has 0 aliphatic carbocycles. The predicted molar refractivity (Wildman–Crippen MR) is 155 cm³/mol. The lowest BCUT2D eigenvalue weighted by molar-refractivity contribution is 0.146. The van der Waals surface area contributed by atoms with Crippen molar-refractivity contribution in [2.24, 2.45) is 5.92 Å². The number of methoxy groups -OCH3 is 1. The molecular formula is C33H39NO5. The smallest absolute Gasteiger partial charge is 0.150 e. The maximum Gasteiger partial charge on any atom is 0.150 e. The SMILES string of the molecule is COCCOc1cccc(C2=C(C)c3cc(O)ccc3OC2c2ccc(OC[C@H](C)N3CC[C@@H](C)C3)cc2)c1. The molecule has 2 aliphatic heterocycles. The van der Waals surface area contributed by atoms with Gasteiger partial charge in [-0.2, -0.15) is 0 Å². The van der Waals surface area contributed by atoms with Gasteiger partial charge in [0.2, 0.25) is 0 Å². The molecule has 1 saturated heterocycles. The fraction of sp³-hybridized carbons (Fsp3) is 0.394. The number of rotatable bonds is 10. The molecule has 1 N–H and O–H groups in total. The molecule has 0 bridgehead atoms. The van der Waals surface area contributed by atoms with Crippen LogP contribution >= 0.6 is 0 Å². The highest BCUT2D eigenvalue weighted by Crippen LogP contribution is 2.47. The van der Waals surface area contributed by atoms with Gasteiger partial charge in [0, 0.05) is 30.8 Å². The maximum atomic E-state index is 10.2. The van der Waals surface area contributed by atoms with E-state index in [1.165, 1.54) is 6.42 Å². The van der Waals surface area contributed by atoms with Crippen molar-refractivity contribution >= 4 is 11.1 Å². The lowest BCUT2D eigenvalue weighted by Crippen LogP contribution is -2.35. The fourth-order valence-corrected chi connectivity index (χ4v) is 5.47. The molecule has 3 aromatic carbocycles. The van der Waals surface area contributed by atoms with Crippen LogP contribution in [-0.4, -0.2) is 56.1 Å². The van der Waals surface area contributed by atoms with Gasteiger partial charge >= 0.3 is 0 Å². The Morgan fingerprint density at radius 2 is 1.82 bits per heavy atom. The number of allylic oxidation sites excluding steroid dienone is 1. The number of hydrogen-bond donors (Lipinski definition) is 1. The Morgan fingerprint density at radius 3 is 2.56 bits per heavy atom. The second kappa shape index (κ2) is 12.1. The quantitative estimate of drug-likeness (QED) is 0.299. The first-order valence-electron chi connectivity index (χ1n) is 13.8. The summed E-state index contributed by atoms with van der Waals surface area (Å²) in [5.41, 5.74) is 5.02. The second-order valence-corrected chi connectivity index (χ2v) is 10.7. The molecule has 0 aromatic heterocycles. The van der Waals surface area contributed by atoms with E-state index in [4.69, 9.17) is 18.9 Å². The van der Waals surface area contributed by atoms with Gasteiger partial charge in [0.25, 0.3) is 0 Å². The van der Waals surface area contributed by atoms with E-state index in [9.17, 15) is 5.11 Å². The van der Waals surface area contributed by atoms with E-state index in [1.807, 2.05) is 36.4 Å². The van der Waals surface area contributed by atoms with Gasteiger partial charge in [0.05, 0.1) is 6.61 Å². The van der Waals surface area contributed by atoms with Gasteiger partial charge in [-0.05, 0) is 91.9 Å². The molecule has 0 amide bonds. The minimum Gasteiger partial charge on any atom is -0.508 e. The number of phenols is 1. The van der Waals surface area contributed by atoms with Crippen LogP contribution in [-0.2, 0) is 4.74 Å². The van der Waals surface area contributed by atoms with Crippen molar-refractivity contribution in [2.75, 3.05) is 40.0 Å². The summed E-state index contributed by atoms with van der Waals surface area (Å²) >= 11 is 0. The van der Waals surface area contributed by atoms with E-state index in [-0.39, 0.29) is 11.9 Å². The summed E-state index contributed by atoms with van der Waals surface area (Å²) in [5, 5.41) is 10.2. The summed E-state index contributed by atoms with van der Waals surface area (Å²) < 4.78 is 23.8. The third-order valence-electron chi connectivity index (χ3n) is 7.73. The molecule has 1 unspecified atom stereocenters. The summed E-state index contributed by atoms with van der Waals surface area (Å²) in [7, 11) is 1.66. The van der Waals surface area contributed by atoms with Crippen molar-refractivity contribution in [3.63, 3.8) is 0 Å². The first-order chi connectivity index (χ1) is 18.9. The number of ether oxygens (including phenoxy) is 4. The Kier molecular flexibility index (Phi) is 8.44. The minimum absolute atomic E-state index is 0.213. The van der Waals surface area contributed by atoms with Gasteiger partial charge in [-0.25, -0.2) is 0 Å². The van der Waals surface area contributed by atoms with E-state index >= 15 is 0 Å². The topological polar surface area (TPSA) is 60.4 Å². The molecule has 5 rings (SSSR count). The van der Waals surface area contributed by atoms with Crippen LogP contribution in [0.4, 0.5) is 0 Å². The van der Waals surface area contributed by atoms with Gasteiger partial charge < -0.3 is 24.1 Å². The zero-order valence-electron chi connectivity index (χ0n) is 23.4. The molecule has 3 atom stereocenters. The van der Waals surface area contributed by atoms with E-state index < -0.39 is 0 Å². The molecular weight excluding hydrogens is 490 g/mol. The summed E-state index contributed by atoms with van der Waals surface area (Å²) in [4.78, 5) is 2.51. The number of likely N-dealkylation sites (tertiary alicyclic amines) is 1. The molecule has 0 radical (unpaired) electrons. The molecule has 0 saturated carbocycles. The van der Waals surface area contributed by atoms with Gasteiger partial charge in [0.15, 0.2) is 0 Å². The monoisotopic (exact) mass is 529 g/mol. The van der Waals surface area contributed by atoms with Crippen molar-refractivity contribution in [3.8, 4) is 23.0 Å². The second-order valence-electron chi connectivity index (χ2n) is 10.7. The van der Waals surface area contributed by atoms with Gasteiger partial charge in [0.1, 0.15) is 42.3 Å². The van der Waals surface area contributed by atoms with E-state index in [0.29, 0.717) is 25.9 Å². The Hall–Kier alpha value is -3.48. The molecule has 0 spiro atoms. The summed E-state index contributed by atoms with van der Waals surface area (Å²) in [6.45, 7) is 10.6. The van der Waals surface area contributed by atoms with Crippen LogP contribution in [0.3, 0.4) is 0 Å². The van der Waals surface area contributed by atoms with Crippen molar-refractivity contribution in [1.82, 2.24) is 4.90 Å². The molecule has 6 nitrogen and oxygen atoms in total. The van der Waals surface area contributed by atoms with Gasteiger partial charge in [-0.3, -0.25) is 4.90 Å². The summed E-state index contributed by atoms with van der Waals surface area (Å²) in [6, 6.07) is 21.9. The molecule has 1 fully saturated rings. The normalized spacial score (nSPS) is 19.9. The number of benzene rings is 3. The summed E-state index contributed by atoms with van der Waals surface area (Å²) in [5.74, 6) is 3.36. The maximum absolute atomic E-state index is 10.2. The van der Waals surface area contributed by atoms with Crippen LogP contribution in [0.15, 0.2) is 66.7 Å². The predicted octanol–water partition coefficient (Wildman–Crippen LogP) is 6.59. The molecule has 2 heterocycles. The third kappa shape index (κ3) is 6.23. The van der Waals surface area contributed by atoms with E-state index in [2.05, 4.69) is 43.9 Å². The van der Waals surface area contributed by atoms with Crippen molar-refractivity contribution in [1.29, 1.82) is 0 Å². The standard InChI is InChI=1S/C33H39NO5/c1-22-14-15-34(20-22)23(2)21-38-28-11-8-25(9-12-28)33-32(24(3)30-19-27(35)10-13-31(30)39-33)26-6-5-7-29(18-26)37-17-16-36-4/h5-13,18-19,22-23,33,35H,14-17,20-21H2,1-4H3/t22-,23+,33?/m1/s1. The minimum atomic E-state index is -0.324. The highest BCUT2D eigenvalue weighted by Gasteiger charge is 2.30. The van der Waals surface area contributed by atoms with Crippen LogP contribution in [0, 0.1) is 5.92 Å². The lowest BCUT2D eigenvalue weighted by atomic mass is 9.86. The molecule has 6 heteroatoms. The van der Waals surface area contributed by atoms with Crippen LogP contribution in [0.25, 0.3) is 11.1 Å². The number of hydrogen-bond acceptors (Lipinski definition) is 6. The van der Waals surface area contributed by atoms with Crippen molar-refractivity contribution < 1.29 is 24.1 Å². The fourth-order valence-electron chi connectivity index (χ4n) is 5.47. The Morgan fingerprint density at radius 1 is 1.00 bits per heavy atom. The van der Waals surface area contributed by atoms with Crippen molar-refractivity contribution in [2.45, 2.75) is 39.3 Å². The molecule has 206 valence electrons. The van der Waals surface area contributed by atoms with Crippen LogP contribution in [0.5, 0.6) is 23.0 Å². The first kappa shape index (κ1) is 27.1. The zero-order valence-corrected chi connectivity index (χ0v) is 23.4. The Balaban J connectivity index is 1.40. The first-order valence-corrected chi connectivity index (χ1v) is 13.8. The lowest BCUT2D eigenvalue weighted by Gasteiger charge is -2.31. The van der Waals surface area contributed by atoms with E-state index in [1.54, 1.807) is 19.2 Å². The highest BCUT2D eigenvalue weighted by molar-refractivity contribution is 5.95. The van der Waals surface area contributed by atoms with Gasteiger partial charge in [-0.15, -0.1) is 0 Å².